The number of carbonyl (C=O) groups excluding carboxylic acids is 1. The van der Waals surface area contributed by atoms with Crippen molar-refractivity contribution in [1.29, 1.82) is 0 Å². The van der Waals surface area contributed by atoms with Crippen LogP contribution in [0.1, 0.15) is 25.3 Å². The van der Waals surface area contributed by atoms with Gasteiger partial charge in [-0.15, -0.1) is 0 Å². The standard InChI is InChI=1S/C23H24N2O4/c1-2-3-14-28-18-9-11-19(12-10-18)29-16-23(27)25-24-15-21-20-7-5-4-6-17(20)8-13-22(21)26/h4-13,15,26H,2-3,14,16H2,1H3,(H,25,27)/b24-15+. The molecule has 6 nitrogen and oxygen atoms in total. The molecule has 3 rings (SSSR count). The molecule has 0 aliphatic rings. The number of fused-ring (bicyclic) bond motifs is 1. The van der Waals surface area contributed by atoms with Crippen LogP contribution >= 0.6 is 0 Å². The van der Waals surface area contributed by atoms with Crippen LogP contribution in [0.4, 0.5) is 0 Å². The second-order valence-electron chi connectivity index (χ2n) is 6.47. The first-order valence-electron chi connectivity index (χ1n) is 9.55. The summed E-state index contributed by atoms with van der Waals surface area (Å²) in [6.07, 6.45) is 3.52. The first-order chi connectivity index (χ1) is 14.2. The van der Waals surface area contributed by atoms with Crippen molar-refractivity contribution < 1.29 is 19.4 Å². The fourth-order valence-electron chi connectivity index (χ4n) is 2.74. The summed E-state index contributed by atoms with van der Waals surface area (Å²) >= 11 is 0. The van der Waals surface area contributed by atoms with E-state index in [1.54, 1.807) is 18.2 Å². The number of phenolic OH excluding ortho intramolecular Hbond substituents is 1. The number of nitrogens with one attached hydrogen (secondary N) is 1. The number of carbonyl (C=O) groups is 1. The van der Waals surface area contributed by atoms with E-state index in [0.717, 1.165) is 29.4 Å². The van der Waals surface area contributed by atoms with Crippen LogP contribution in [0.3, 0.4) is 0 Å². The fraction of sp³-hybridized carbons (Fsp3) is 0.217. The number of hydrazone groups is 1. The van der Waals surface area contributed by atoms with E-state index >= 15 is 0 Å². The topological polar surface area (TPSA) is 80.2 Å². The molecule has 29 heavy (non-hydrogen) atoms. The van der Waals surface area contributed by atoms with Gasteiger partial charge in [0.2, 0.25) is 0 Å². The second-order valence-corrected chi connectivity index (χ2v) is 6.47. The predicted molar refractivity (Wildman–Crippen MR) is 114 cm³/mol. The van der Waals surface area contributed by atoms with Crippen LogP contribution in [0.15, 0.2) is 65.8 Å². The lowest BCUT2D eigenvalue weighted by Crippen LogP contribution is -2.24. The third-order valence-electron chi connectivity index (χ3n) is 4.29. The Morgan fingerprint density at radius 3 is 2.52 bits per heavy atom. The van der Waals surface area contributed by atoms with Crippen molar-refractivity contribution in [3.8, 4) is 17.2 Å². The Hall–Kier alpha value is -3.54. The summed E-state index contributed by atoms with van der Waals surface area (Å²) in [6, 6.07) is 18.2. The van der Waals surface area contributed by atoms with Gasteiger partial charge in [0.05, 0.1) is 12.8 Å². The van der Waals surface area contributed by atoms with E-state index in [2.05, 4.69) is 17.5 Å². The molecule has 0 fully saturated rings. The summed E-state index contributed by atoms with van der Waals surface area (Å²) in [4.78, 5) is 12.0. The third kappa shape index (κ3) is 5.72. The Morgan fingerprint density at radius 1 is 1.03 bits per heavy atom. The lowest BCUT2D eigenvalue weighted by Gasteiger charge is -2.08. The van der Waals surface area contributed by atoms with Crippen LogP contribution in [0.25, 0.3) is 10.8 Å². The van der Waals surface area contributed by atoms with Gasteiger partial charge in [-0.2, -0.15) is 5.10 Å². The molecule has 0 bridgehead atoms. The van der Waals surface area contributed by atoms with Crippen molar-refractivity contribution in [3.05, 3.63) is 66.2 Å². The highest BCUT2D eigenvalue weighted by Crippen LogP contribution is 2.25. The minimum Gasteiger partial charge on any atom is -0.507 e. The summed E-state index contributed by atoms with van der Waals surface area (Å²) < 4.78 is 11.0. The van der Waals surface area contributed by atoms with Crippen molar-refractivity contribution in [2.75, 3.05) is 13.2 Å². The molecular weight excluding hydrogens is 368 g/mol. The minimum atomic E-state index is -0.399. The van der Waals surface area contributed by atoms with Crippen molar-refractivity contribution in [3.63, 3.8) is 0 Å². The van der Waals surface area contributed by atoms with E-state index in [9.17, 15) is 9.90 Å². The Labute approximate surface area is 169 Å². The number of hydrogen-bond donors (Lipinski definition) is 2. The van der Waals surface area contributed by atoms with Crippen LogP contribution < -0.4 is 14.9 Å². The van der Waals surface area contributed by atoms with E-state index in [0.29, 0.717) is 17.9 Å². The van der Waals surface area contributed by atoms with Crippen LogP contribution in [-0.4, -0.2) is 30.4 Å². The number of benzene rings is 3. The Bertz CT molecular complexity index is 984. The van der Waals surface area contributed by atoms with E-state index in [-0.39, 0.29) is 12.4 Å². The van der Waals surface area contributed by atoms with Crippen LogP contribution in [0.2, 0.25) is 0 Å². The Morgan fingerprint density at radius 2 is 1.76 bits per heavy atom. The van der Waals surface area contributed by atoms with Gasteiger partial charge in [-0.3, -0.25) is 4.79 Å². The quantitative estimate of drug-likeness (QED) is 0.324. The zero-order valence-electron chi connectivity index (χ0n) is 16.3. The molecule has 0 aliphatic carbocycles. The summed E-state index contributed by atoms with van der Waals surface area (Å²) in [5.41, 5.74) is 2.95. The summed E-state index contributed by atoms with van der Waals surface area (Å²) in [7, 11) is 0. The van der Waals surface area contributed by atoms with Crippen molar-refractivity contribution in [1.82, 2.24) is 5.43 Å². The van der Waals surface area contributed by atoms with Gasteiger partial charge in [-0.25, -0.2) is 5.43 Å². The van der Waals surface area contributed by atoms with Crippen molar-refractivity contribution in [2.24, 2.45) is 5.10 Å². The van der Waals surface area contributed by atoms with Gasteiger partial charge in [-0.1, -0.05) is 43.7 Å². The number of phenols is 1. The maximum atomic E-state index is 12.0. The van der Waals surface area contributed by atoms with Gasteiger partial charge in [0, 0.05) is 5.56 Å². The molecule has 6 heteroatoms. The maximum Gasteiger partial charge on any atom is 0.277 e. The summed E-state index contributed by atoms with van der Waals surface area (Å²) in [6.45, 7) is 2.62. The fourth-order valence-corrected chi connectivity index (χ4v) is 2.74. The van der Waals surface area contributed by atoms with Gasteiger partial charge >= 0.3 is 0 Å². The number of ether oxygens (including phenoxy) is 2. The zero-order valence-corrected chi connectivity index (χ0v) is 16.3. The SMILES string of the molecule is CCCCOc1ccc(OCC(=O)N/N=C/c2c(O)ccc3ccccc23)cc1. The number of unbranched alkanes of at least 4 members (excludes halogenated alkanes) is 1. The normalized spacial score (nSPS) is 10.9. The summed E-state index contributed by atoms with van der Waals surface area (Å²) in [5, 5.41) is 15.8. The number of hydrogen-bond acceptors (Lipinski definition) is 5. The van der Waals surface area contributed by atoms with Crippen LogP contribution in [0.5, 0.6) is 17.2 Å². The number of rotatable bonds is 9. The molecule has 1 amide bonds. The number of aromatic hydroxyl groups is 1. The predicted octanol–water partition coefficient (Wildman–Crippen LogP) is 4.25. The molecule has 0 aromatic heterocycles. The third-order valence-corrected chi connectivity index (χ3v) is 4.29. The lowest BCUT2D eigenvalue weighted by molar-refractivity contribution is -0.123. The number of amides is 1. The Kier molecular flexibility index (Phi) is 7.05. The highest BCUT2D eigenvalue weighted by Gasteiger charge is 2.05. The highest BCUT2D eigenvalue weighted by atomic mass is 16.5. The highest BCUT2D eigenvalue weighted by molar-refractivity contribution is 6.02. The molecule has 2 N–H and O–H groups in total. The largest absolute Gasteiger partial charge is 0.507 e. The Balaban J connectivity index is 1.51. The maximum absolute atomic E-state index is 12.0. The monoisotopic (exact) mass is 392 g/mol. The molecule has 0 saturated carbocycles. The molecule has 0 spiro atoms. The second kappa shape index (κ2) is 10.1. The molecule has 0 aliphatic heterocycles. The van der Waals surface area contributed by atoms with Crippen LogP contribution in [0, 0.1) is 0 Å². The lowest BCUT2D eigenvalue weighted by atomic mass is 10.0. The summed E-state index contributed by atoms with van der Waals surface area (Å²) in [5.74, 6) is 1.04. The minimum absolute atomic E-state index is 0.0965. The van der Waals surface area contributed by atoms with Gasteiger partial charge in [-0.05, 0) is 47.5 Å². The van der Waals surface area contributed by atoms with Crippen LogP contribution in [-0.2, 0) is 4.79 Å². The number of nitrogens with zero attached hydrogens (tertiary/aromatic N) is 1. The van der Waals surface area contributed by atoms with Crippen molar-refractivity contribution >= 4 is 22.9 Å². The molecule has 0 atom stereocenters. The van der Waals surface area contributed by atoms with Gasteiger partial charge in [0.15, 0.2) is 6.61 Å². The molecule has 0 radical (unpaired) electrons. The van der Waals surface area contributed by atoms with E-state index in [1.165, 1.54) is 6.21 Å². The molecule has 0 heterocycles. The average molecular weight is 392 g/mol. The van der Waals surface area contributed by atoms with E-state index < -0.39 is 5.91 Å². The first kappa shape index (κ1) is 20.2. The van der Waals surface area contributed by atoms with E-state index in [4.69, 9.17) is 9.47 Å². The van der Waals surface area contributed by atoms with Gasteiger partial charge in [0.25, 0.3) is 5.91 Å². The zero-order chi connectivity index (χ0) is 20.5. The molecule has 150 valence electrons. The smallest absolute Gasteiger partial charge is 0.277 e. The molecule has 3 aromatic rings. The first-order valence-corrected chi connectivity index (χ1v) is 9.55. The van der Waals surface area contributed by atoms with Gasteiger partial charge < -0.3 is 14.6 Å². The molecule has 0 saturated heterocycles. The van der Waals surface area contributed by atoms with E-state index in [1.807, 2.05) is 42.5 Å². The average Bonchev–Trinajstić information content (AvgIpc) is 2.75. The van der Waals surface area contributed by atoms with Crippen molar-refractivity contribution in [2.45, 2.75) is 19.8 Å². The van der Waals surface area contributed by atoms with Gasteiger partial charge in [0.1, 0.15) is 17.2 Å². The molecule has 0 unspecified atom stereocenters. The molecular formula is C23H24N2O4. The molecule has 3 aromatic carbocycles.